The van der Waals surface area contributed by atoms with Crippen LogP contribution < -0.4 is 0 Å². The molecule has 0 spiro atoms. The monoisotopic (exact) mass is 178 g/mol. The second-order valence-electron chi connectivity index (χ2n) is 4.73. The van der Waals surface area contributed by atoms with Crippen molar-refractivity contribution in [2.45, 2.75) is 64.2 Å². The molecular formula is C13H22. The van der Waals surface area contributed by atoms with E-state index in [9.17, 15) is 0 Å². The minimum Gasteiger partial charge on any atom is -0.0844 e. The van der Waals surface area contributed by atoms with Gasteiger partial charge in [-0.15, -0.1) is 0 Å². The second-order valence-corrected chi connectivity index (χ2v) is 4.73. The van der Waals surface area contributed by atoms with Crippen LogP contribution in [0.5, 0.6) is 0 Å². The van der Waals surface area contributed by atoms with Crippen LogP contribution in [0.25, 0.3) is 0 Å². The molecule has 2 rings (SSSR count). The zero-order valence-corrected chi connectivity index (χ0v) is 8.73. The van der Waals surface area contributed by atoms with E-state index in [4.69, 9.17) is 0 Å². The summed E-state index contributed by atoms with van der Waals surface area (Å²) in [6.07, 6.45) is 17.2. The molecule has 0 nitrogen and oxygen atoms in total. The van der Waals surface area contributed by atoms with Crippen molar-refractivity contribution in [3.63, 3.8) is 0 Å². The first-order valence-electron chi connectivity index (χ1n) is 6.16. The van der Waals surface area contributed by atoms with E-state index < -0.39 is 0 Å². The molecule has 0 heteroatoms. The maximum Gasteiger partial charge on any atom is -0.0169 e. The molecule has 0 saturated heterocycles. The number of fused-ring (bicyclic) bond motifs is 1. The first-order valence-corrected chi connectivity index (χ1v) is 6.16. The lowest BCUT2D eigenvalue weighted by molar-refractivity contribution is 0.465. The molecule has 13 heavy (non-hydrogen) atoms. The molecule has 0 aromatic carbocycles. The van der Waals surface area contributed by atoms with Crippen molar-refractivity contribution in [3.05, 3.63) is 11.6 Å². The van der Waals surface area contributed by atoms with E-state index in [-0.39, 0.29) is 0 Å². The molecule has 0 N–H and O–H groups in total. The van der Waals surface area contributed by atoms with Crippen molar-refractivity contribution in [2.75, 3.05) is 0 Å². The van der Waals surface area contributed by atoms with Gasteiger partial charge in [0, 0.05) is 0 Å². The molecule has 0 unspecified atom stereocenters. The third kappa shape index (κ3) is 2.59. The molecule has 0 aromatic heterocycles. The van der Waals surface area contributed by atoms with Crippen molar-refractivity contribution in [1.29, 1.82) is 0 Å². The predicted molar refractivity (Wildman–Crippen MR) is 57.7 cm³/mol. The molecule has 2 aliphatic rings. The van der Waals surface area contributed by atoms with Crippen molar-refractivity contribution < 1.29 is 0 Å². The van der Waals surface area contributed by atoms with Crippen molar-refractivity contribution in [2.24, 2.45) is 5.92 Å². The predicted octanol–water partition coefficient (Wildman–Crippen LogP) is 4.46. The third-order valence-corrected chi connectivity index (χ3v) is 3.71. The molecule has 0 bridgehead atoms. The van der Waals surface area contributed by atoms with E-state index in [1.54, 1.807) is 0 Å². The molecule has 2 aliphatic carbocycles. The summed E-state index contributed by atoms with van der Waals surface area (Å²) in [6, 6.07) is 0. The standard InChI is InChI=1S/C13H22/c1-2-4-6-8-12-10-11-13(12)9-7-5-3-1/h10,13H,1-9,11H2/t13-/m1/s1. The van der Waals surface area contributed by atoms with Gasteiger partial charge in [0.05, 0.1) is 0 Å². The van der Waals surface area contributed by atoms with Crippen LogP contribution >= 0.6 is 0 Å². The Hall–Kier alpha value is -0.260. The van der Waals surface area contributed by atoms with Crippen LogP contribution in [0.2, 0.25) is 0 Å². The Morgan fingerprint density at radius 3 is 2.23 bits per heavy atom. The van der Waals surface area contributed by atoms with Gasteiger partial charge in [0.25, 0.3) is 0 Å². The van der Waals surface area contributed by atoms with Crippen LogP contribution in [0.4, 0.5) is 0 Å². The van der Waals surface area contributed by atoms with Gasteiger partial charge in [-0.3, -0.25) is 0 Å². The fourth-order valence-electron chi connectivity index (χ4n) is 2.66. The number of rotatable bonds is 0. The molecule has 0 aliphatic heterocycles. The smallest absolute Gasteiger partial charge is 0.0169 e. The summed E-state index contributed by atoms with van der Waals surface area (Å²) >= 11 is 0. The Balaban J connectivity index is 1.80. The average Bonchev–Trinajstić information content (AvgIpc) is 2.13. The van der Waals surface area contributed by atoms with Crippen molar-refractivity contribution in [1.82, 2.24) is 0 Å². The van der Waals surface area contributed by atoms with Crippen LogP contribution in [-0.4, -0.2) is 0 Å². The fourth-order valence-corrected chi connectivity index (χ4v) is 2.66. The van der Waals surface area contributed by atoms with Gasteiger partial charge in [0.1, 0.15) is 0 Å². The van der Waals surface area contributed by atoms with Gasteiger partial charge in [-0.1, -0.05) is 50.2 Å². The van der Waals surface area contributed by atoms with E-state index >= 15 is 0 Å². The SMILES string of the molecule is C1=C2CCCCCCCCC[C@@H]2C1. The topological polar surface area (TPSA) is 0 Å². The van der Waals surface area contributed by atoms with Crippen molar-refractivity contribution in [3.8, 4) is 0 Å². The fraction of sp³-hybridized carbons (Fsp3) is 0.846. The highest BCUT2D eigenvalue weighted by Gasteiger charge is 2.20. The zero-order chi connectivity index (χ0) is 8.93. The summed E-state index contributed by atoms with van der Waals surface area (Å²) in [7, 11) is 0. The molecule has 1 saturated carbocycles. The highest BCUT2D eigenvalue weighted by Crippen LogP contribution is 2.35. The molecule has 0 aromatic rings. The minimum atomic E-state index is 1.01. The first kappa shape index (κ1) is 9.30. The quantitative estimate of drug-likeness (QED) is 0.480. The van der Waals surface area contributed by atoms with Crippen LogP contribution in [0.1, 0.15) is 64.2 Å². The van der Waals surface area contributed by atoms with Crippen LogP contribution in [0, 0.1) is 5.92 Å². The second kappa shape index (κ2) is 4.83. The van der Waals surface area contributed by atoms with Gasteiger partial charge < -0.3 is 0 Å². The molecular weight excluding hydrogens is 156 g/mol. The van der Waals surface area contributed by atoms with E-state index in [1.165, 1.54) is 64.2 Å². The maximum atomic E-state index is 2.49. The molecule has 74 valence electrons. The van der Waals surface area contributed by atoms with Crippen LogP contribution in [-0.2, 0) is 0 Å². The summed E-state index contributed by atoms with van der Waals surface area (Å²) in [6.45, 7) is 0. The zero-order valence-electron chi connectivity index (χ0n) is 8.73. The van der Waals surface area contributed by atoms with Crippen LogP contribution in [0.15, 0.2) is 11.6 Å². The number of hydrogen-bond donors (Lipinski definition) is 0. The first-order chi connectivity index (χ1) is 6.47. The lowest BCUT2D eigenvalue weighted by Crippen LogP contribution is -2.12. The summed E-state index contributed by atoms with van der Waals surface area (Å²) in [5.41, 5.74) is 1.81. The Morgan fingerprint density at radius 1 is 0.846 bits per heavy atom. The molecule has 1 atom stereocenters. The van der Waals surface area contributed by atoms with Gasteiger partial charge in [0.2, 0.25) is 0 Å². The maximum absolute atomic E-state index is 2.49. The minimum absolute atomic E-state index is 1.01. The highest BCUT2D eigenvalue weighted by molar-refractivity contribution is 5.17. The van der Waals surface area contributed by atoms with Gasteiger partial charge >= 0.3 is 0 Å². The van der Waals surface area contributed by atoms with Gasteiger partial charge in [-0.2, -0.15) is 0 Å². The average molecular weight is 178 g/mol. The van der Waals surface area contributed by atoms with Gasteiger partial charge in [0.15, 0.2) is 0 Å². The molecule has 0 radical (unpaired) electrons. The largest absolute Gasteiger partial charge is 0.0844 e. The van der Waals surface area contributed by atoms with E-state index in [1.807, 2.05) is 5.57 Å². The summed E-state index contributed by atoms with van der Waals surface area (Å²) < 4.78 is 0. The third-order valence-electron chi connectivity index (χ3n) is 3.71. The Labute approximate surface area is 82.4 Å². The van der Waals surface area contributed by atoms with E-state index in [0.29, 0.717) is 0 Å². The highest BCUT2D eigenvalue weighted by atomic mass is 14.3. The normalized spacial score (nSPS) is 30.8. The van der Waals surface area contributed by atoms with Gasteiger partial charge in [-0.05, 0) is 31.6 Å². The summed E-state index contributed by atoms with van der Waals surface area (Å²) in [4.78, 5) is 0. The number of allylic oxidation sites excluding steroid dienone is 2. The summed E-state index contributed by atoms with van der Waals surface area (Å²) in [5, 5.41) is 0. The Kier molecular flexibility index (Phi) is 3.46. The molecule has 0 amide bonds. The van der Waals surface area contributed by atoms with Gasteiger partial charge in [-0.25, -0.2) is 0 Å². The number of hydrogen-bond acceptors (Lipinski definition) is 0. The Morgan fingerprint density at radius 2 is 1.54 bits per heavy atom. The molecule has 1 fully saturated rings. The molecule has 0 heterocycles. The van der Waals surface area contributed by atoms with Crippen LogP contribution in [0.3, 0.4) is 0 Å². The summed E-state index contributed by atoms with van der Waals surface area (Å²) in [5.74, 6) is 1.01. The van der Waals surface area contributed by atoms with E-state index in [2.05, 4.69) is 6.08 Å². The van der Waals surface area contributed by atoms with Crippen molar-refractivity contribution >= 4 is 0 Å². The lowest BCUT2D eigenvalue weighted by atomic mass is 9.79. The lowest BCUT2D eigenvalue weighted by Gasteiger charge is -2.27. The Bertz CT molecular complexity index is 178. The van der Waals surface area contributed by atoms with E-state index in [0.717, 1.165) is 5.92 Å².